The lowest BCUT2D eigenvalue weighted by molar-refractivity contribution is 0.245. The van der Waals surface area contributed by atoms with Gasteiger partial charge in [-0.1, -0.05) is 30.3 Å². The molecule has 23 heavy (non-hydrogen) atoms. The number of benzene rings is 2. The summed E-state index contributed by atoms with van der Waals surface area (Å²) < 4.78 is 14.4. The maximum atomic E-state index is 14.4. The van der Waals surface area contributed by atoms with Crippen molar-refractivity contribution < 1.29 is 4.39 Å². The molecule has 0 spiro atoms. The van der Waals surface area contributed by atoms with Crippen molar-refractivity contribution in [3.05, 3.63) is 65.0 Å². The highest BCUT2D eigenvalue weighted by molar-refractivity contribution is 5.53. The molecule has 2 aromatic rings. The van der Waals surface area contributed by atoms with Crippen LogP contribution in [0.4, 0.5) is 10.1 Å². The fourth-order valence-corrected chi connectivity index (χ4v) is 4.12. The van der Waals surface area contributed by atoms with Gasteiger partial charge < -0.3 is 10.6 Å². The van der Waals surface area contributed by atoms with Gasteiger partial charge in [0, 0.05) is 23.8 Å². The minimum atomic E-state index is -0.0865. The number of halogens is 1. The van der Waals surface area contributed by atoms with Crippen LogP contribution in [0.25, 0.3) is 0 Å². The standard InChI is InChI=1S/C20H23FN2/c1-20(2)11-16-15(7-5-8-17(16)21)19(23-20)14-10-13-6-3-4-9-18(13)22-12-14/h3-9,14,19,22-23H,10-12H2,1-2H3. The number of hydrogen-bond donors (Lipinski definition) is 2. The summed E-state index contributed by atoms with van der Waals surface area (Å²) in [5, 5.41) is 7.32. The number of para-hydroxylation sites is 1. The predicted octanol–water partition coefficient (Wildman–Crippen LogP) is 4.08. The molecule has 0 fully saturated rings. The third kappa shape index (κ3) is 2.63. The Balaban J connectivity index is 1.71. The molecule has 0 aromatic heterocycles. The van der Waals surface area contributed by atoms with Gasteiger partial charge >= 0.3 is 0 Å². The van der Waals surface area contributed by atoms with E-state index in [-0.39, 0.29) is 17.4 Å². The Morgan fingerprint density at radius 1 is 1.09 bits per heavy atom. The first-order valence-corrected chi connectivity index (χ1v) is 8.40. The molecule has 4 rings (SSSR count). The van der Waals surface area contributed by atoms with Gasteiger partial charge in [0.2, 0.25) is 0 Å². The van der Waals surface area contributed by atoms with Gasteiger partial charge in [0.1, 0.15) is 5.82 Å². The minimum Gasteiger partial charge on any atom is -0.384 e. The molecule has 2 aromatic carbocycles. The lowest BCUT2D eigenvalue weighted by atomic mass is 9.76. The Kier molecular flexibility index (Phi) is 3.42. The van der Waals surface area contributed by atoms with Gasteiger partial charge in [-0.3, -0.25) is 0 Å². The molecule has 2 aliphatic rings. The first-order chi connectivity index (χ1) is 11.0. The van der Waals surface area contributed by atoms with E-state index in [0.29, 0.717) is 5.92 Å². The molecule has 2 heterocycles. The van der Waals surface area contributed by atoms with Crippen molar-refractivity contribution in [1.82, 2.24) is 5.32 Å². The molecule has 0 aliphatic carbocycles. The van der Waals surface area contributed by atoms with E-state index in [9.17, 15) is 4.39 Å². The van der Waals surface area contributed by atoms with Crippen LogP contribution in [-0.2, 0) is 12.8 Å². The van der Waals surface area contributed by atoms with E-state index < -0.39 is 0 Å². The van der Waals surface area contributed by atoms with E-state index in [1.165, 1.54) is 11.3 Å². The highest BCUT2D eigenvalue weighted by Crippen LogP contribution is 2.39. The lowest BCUT2D eigenvalue weighted by Gasteiger charge is -2.43. The zero-order valence-corrected chi connectivity index (χ0v) is 13.7. The van der Waals surface area contributed by atoms with Crippen molar-refractivity contribution in [1.29, 1.82) is 0 Å². The Morgan fingerprint density at radius 2 is 1.91 bits per heavy atom. The van der Waals surface area contributed by atoms with Gasteiger partial charge in [0.05, 0.1) is 0 Å². The molecule has 0 saturated heterocycles. The van der Waals surface area contributed by atoms with E-state index in [4.69, 9.17) is 0 Å². The molecule has 120 valence electrons. The molecule has 0 saturated carbocycles. The molecule has 0 amide bonds. The van der Waals surface area contributed by atoms with Crippen molar-refractivity contribution in [3.63, 3.8) is 0 Å². The maximum absolute atomic E-state index is 14.4. The van der Waals surface area contributed by atoms with Gasteiger partial charge in [-0.2, -0.15) is 0 Å². The Hall–Kier alpha value is -1.87. The van der Waals surface area contributed by atoms with Gasteiger partial charge in [-0.15, -0.1) is 0 Å². The van der Waals surface area contributed by atoms with Crippen molar-refractivity contribution in [2.75, 3.05) is 11.9 Å². The first-order valence-electron chi connectivity index (χ1n) is 8.40. The average molecular weight is 310 g/mol. The maximum Gasteiger partial charge on any atom is 0.126 e. The highest BCUT2D eigenvalue weighted by Gasteiger charge is 2.37. The quantitative estimate of drug-likeness (QED) is 0.829. The second-order valence-corrected chi connectivity index (χ2v) is 7.49. The fraction of sp³-hybridized carbons (Fsp3) is 0.400. The topological polar surface area (TPSA) is 24.1 Å². The van der Waals surface area contributed by atoms with Crippen LogP contribution < -0.4 is 10.6 Å². The number of anilines is 1. The molecule has 2 unspecified atom stereocenters. The van der Waals surface area contributed by atoms with E-state index in [0.717, 1.165) is 30.5 Å². The van der Waals surface area contributed by atoms with Crippen molar-refractivity contribution in [2.24, 2.45) is 5.92 Å². The van der Waals surface area contributed by atoms with Crippen LogP contribution in [0.3, 0.4) is 0 Å². The van der Waals surface area contributed by atoms with Crippen molar-refractivity contribution >= 4 is 5.69 Å². The molecule has 2 atom stereocenters. The van der Waals surface area contributed by atoms with Crippen LogP contribution in [0.5, 0.6) is 0 Å². The minimum absolute atomic E-state index is 0.0637. The van der Waals surface area contributed by atoms with Crippen molar-refractivity contribution in [3.8, 4) is 0 Å². The van der Waals surface area contributed by atoms with Gasteiger partial charge in [0.25, 0.3) is 0 Å². The molecule has 2 aliphatic heterocycles. The predicted molar refractivity (Wildman–Crippen MR) is 92.2 cm³/mol. The summed E-state index contributed by atoms with van der Waals surface area (Å²) in [6.45, 7) is 5.25. The Labute approximate surface area is 137 Å². The summed E-state index contributed by atoms with van der Waals surface area (Å²) in [7, 11) is 0. The second kappa shape index (κ2) is 5.34. The fourth-order valence-electron chi connectivity index (χ4n) is 4.12. The highest BCUT2D eigenvalue weighted by atomic mass is 19.1. The normalized spacial score (nSPS) is 25.2. The first kappa shape index (κ1) is 14.7. The zero-order valence-electron chi connectivity index (χ0n) is 13.7. The van der Waals surface area contributed by atoms with E-state index >= 15 is 0 Å². The largest absolute Gasteiger partial charge is 0.384 e. The number of nitrogens with one attached hydrogen (secondary N) is 2. The van der Waals surface area contributed by atoms with Crippen LogP contribution in [0.15, 0.2) is 42.5 Å². The summed E-state index contributed by atoms with van der Waals surface area (Å²) in [5.41, 5.74) is 4.53. The van der Waals surface area contributed by atoms with Crippen molar-refractivity contribution in [2.45, 2.75) is 38.3 Å². The third-order valence-corrected chi connectivity index (χ3v) is 5.18. The molecule has 2 N–H and O–H groups in total. The van der Waals surface area contributed by atoms with Crippen LogP contribution in [-0.4, -0.2) is 12.1 Å². The van der Waals surface area contributed by atoms with Gasteiger partial charge in [-0.05, 0) is 61.4 Å². The van der Waals surface area contributed by atoms with E-state index in [1.54, 1.807) is 6.07 Å². The smallest absolute Gasteiger partial charge is 0.126 e. The van der Waals surface area contributed by atoms with Gasteiger partial charge in [0.15, 0.2) is 0 Å². The number of rotatable bonds is 1. The zero-order chi connectivity index (χ0) is 16.0. The molecule has 3 heteroatoms. The summed E-state index contributed by atoms with van der Waals surface area (Å²) in [4.78, 5) is 0. The van der Waals surface area contributed by atoms with Crippen LogP contribution >= 0.6 is 0 Å². The van der Waals surface area contributed by atoms with Crippen LogP contribution in [0.2, 0.25) is 0 Å². The van der Waals surface area contributed by atoms with E-state index in [1.807, 2.05) is 6.07 Å². The number of hydrogen-bond acceptors (Lipinski definition) is 2. The third-order valence-electron chi connectivity index (χ3n) is 5.18. The second-order valence-electron chi connectivity index (χ2n) is 7.49. The SMILES string of the molecule is CC1(C)Cc2c(F)cccc2C(C2CNc3ccccc3C2)N1. The summed E-state index contributed by atoms with van der Waals surface area (Å²) in [6, 6.07) is 14.2. The molecule has 2 nitrogen and oxygen atoms in total. The van der Waals surface area contributed by atoms with Crippen LogP contribution in [0.1, 0.15) is 36.6 Å². The molecule has 0 radical (unpaired) electrons. The summed E-state index contributed by atoms with van der Waals surface area (Å²) >= 11 is 0. The monoisotopic (exact) mass is 310 g/mol. The Morgan fingerprint density at radius 3 is 2.78 bits per heavy atom. The van der Waals surface area contributed by atoms with Crippen LogP contribution in [0, 0.1) is 11.7 Å². The average Bonchev–Trinajstić information content (AvgIpc) is 2.54. The molecular formula is C20H23FN2. The number of fused-ring (bicyclic) bond motifs is 2. The molecular weight excluding hydrogens is 287 g/mol. The summed E-state index contributed by atoms with van der Waals surface area (Å²) in [6.07, 6.45) is 1.76. The van der Waals surface area contributed by atoms with E-state index in [2.05, 4.69) is 54.8 Å². The van der Waals surface area contributed by atoms with Gasteiger partial charge in [-0.25, -0.2) is 4.39 Å². The molecule has 0 bridgehead atoms. The lowest BCUT2D eigenvalue weighted by Crippen LogP contribution is -2.51. The summed E-state index contributed by atoms with van der Waals surface area (Å²) in [5.74, 6) is 0.358. The Bertz CT molecular complexity index is 738.